The molecule has 0 saturated heterocycles. The predicted molar refractivity (Wildman–Crippen MR) is 105 cm³/mol. The van der Waals surface area contributed by atoms with Gasteiger partial charge in [-0.25, -0.2) is 4.98 Å². The molecular weight excluding hydrogens is 324 g/mol. The first-order chi connectivity index (χ1) is 12.8. The van der Waals surface area contributed by atoms with E-state index >= 15 is 0 Å². The van der Waals surface area contributed by atoms with E-state index in [1.807, 2.05) is 72.9 Å². The van der Waals surface area contributed by atoms with Gasteiger partial charge in [0.2, 0.25) is 5.95 Å². The Labute approximate surface area is 150 Å². The molecule has 0 bridgehead atoms. The molecule has 0 unspecified atom stereocenters. The lowest BCUT2D eigenvalue weighted by Crippen LogP contribution is -2.19. The SMILES string of the molecule is O=c1ccc2cnc(Nc3ccccc3)nc2n1C1=CC=CC=CC=C1. The summed E-state index contributed by atoms with van der Waals surface area (Å²) in [6, 6.07) is 12.9. The van der Waals surface area contributed by atoms with Crippen LogP contribution in [0.15, 0.2) is 96.0 Å². The maximum Gasteiger partial charge on any atom is 0.256 e. The molecule has 0 radical (unpaired) electrons. The Hall–Kier alpha value is -3.73. The maximum atomic E-state index is 12.6. The van der Waals surface area contributed by atoms with E-state index in [9.17, 15) is 4.79 Å². The molecule has 1 aromatic carbocycles. The van der Waals surface area contributed by atoms with Gasteiger partial charge in [0.1, 0.15) is 0 Å². The fourth-order valence-electron chi connectivity index (χ4n) is 2.68. The Morgan fingerprint density at radius 1 is 0.885 bits per heavy atom. The fraction of sp³-hybridized carbons (Fsp3) is 0. The molecular formula is C21H16N4O. The molecule has 1 aliphatic rings. The van der Waals surface area contributed by atoms with Gasteiger partial charge in [0, 0.05) is 23.3 Å². The van der Waals surface area contributed by atoms with Crippen LogP contribution in [0.3, 0.4) is 0 Å². The highest BCUT2D eigenvalue weighted by Gasteiger charge is 2.09. The summed E-state index contributed by atoms with van der Waals surface area (Å²) in [6.07, 6.45) is 15.0. The second kappa shape index (κ2) is 7.03. The number of hydrogen-bond acceptors (Lipinski definition) is 4. The molecule has 126 valence electrons. The van der Waals surface area contributed by atoms with Gasteiger partial charge in [-0.2, -0.15) is 4.98 Å². The van der Waals surface area contributed by atoms with Crippen molar-refractivity contribution >= 4 is 28.4 Å². The molecule has 0 amide bonds. The van der Waals surface area contributed by atoms with Crippen molar-refractivity contribution in [3.8, 4) is 0 Å². The van der Waals surface area contributed by atoms with E-state index in [4.69, 9.17) is 0 Å². The van der Waals surface area contributed by atoms with Crippen LogP contribution in [0.2, 0.25) is 0 Å². The molecule has 2 aromatic heterocycles. The van der Waals surface area contributed by atoms with Gasteiger partial charge in [-0.3, -0.25) is 9.36 Å². The van der Waals surface area contributed by atoms with Crippen LogP contribution in [-0.2, 0) is 0 Å². The third kappa shape index (κ3) is 3.23. The third-order valence-electron chi connectivity index (χ3n) is 3.90. The summed E-state index contributed by atoms with van der Waals surface area (Å²) in [5.74, 6) is 0.439. The molecule has 0 aliphatic heterocycles. The van der Waals surface area contributed by atoms with Gasteiger partial charge in [0.15, 0.2) is 5.65 Å². The summed E-state index contributed by atoms with van der Waals surface area (Å²) in [6.45, 7) is 0. The van der Waals surface area contributed by atoms with E-state index in [-0.39, 0.29) is 5.56 Å². The third-order valence-corrected chi connectivity index (χ3v) is 3.90. The topological polar surface area (TPSA) is 59.8 Å². The van der Waals surface area contributed by atoms with Gasteiger partial charge in [-0.1, -0.05) is 48.6 Å². The second-order valence-electron chi connectivity index (χ2n) is 5.69. The number of nitrogens with zero attached hydrogens (tertiary/aromatic N) is 3. The molecule has 1 aliphatic carbocycles. The Balaban J connectivity index is 1.85. The first-order valence-electron chi connectivity index (χ1n) is 8.24. The number of fused-ring (bicyclic) bond motifs is 1. The zero-order chi connectivity index (χ0) is 17.8. The van der Waals surface area contributed by atoms with E-state index in [0.717, 1.165) is 16.8 Å². The van der Waals surface area contributed by atoms with Crippen molar-refractivity contribution in [2.75, 3.05) is 5.32 Å². The standard InChI is InChI=1S/C21H16N4O/c26-19-14-13-16-15-22-21(23-17-9-5-4-6-10-17)24-20(16)25(19)18-11-7-2-1-3-8-12-18/h1-15H,(H,22,23,24). The van der Waals surface area contributed by atoms with Gasteiger partial charge >= 0.3 is 0 Å². The van der Waals surface area contributed by atoms with Gasteiger partial charge in [0.25, 0.3) is 5.56 Å². The van der Waals surface area contributed by atoms with E-state index in [0.29, 0.717) is 11.6 Å². The number of para-hydroxylation sites is 1. The van der Waals surface area contributed by atoms with Crippen LogP contribution in [0.5, 0.6) is 0 Å². The summed E-state index contributed by atoms with van der Waals surface area (Å²) in [5.41, 5.74) is 2.04. The van der Waals surface area contributed by atoms with Crippen molar-refractivity contribution in [3.63, 3.8) is 0 Å². The van der Waals surface area contributed by atoms with E-state index < -0.39 is 0 Å². The molecule has 0 saturated carbocycles. The van der Waals surface area contributed by atoms with Crippen LogP contribution in [0.25, 0.3) is 16.7 Å². The molecule has 5 heteroatoms. The lowest BCUT2D eigenvalue weighted by molar-refractivity contribution is 1.04. The minimum atomic E-state index is -0.143. The Kier molecular flexibility index (Phi) is 4.26. The average Bonchev–Trinajstić information content (AvgIpc) is 2.63. The van der Waals surface area contributed by atoms with Crippen LogP contribution in [0.1, 0.15) is 0 Å². The minimum Gasteiger partial charge on any atom is -0.324 e. The number of hydrogen-bond donors (Lipinski definition) is 1. The van der Waals surface area contributed by atoms with Crippen molar-refractivity contribution in [3.05, 3.63) is 102 Å². The van der Waals surface area contributed by atoms with Gasteiger partial charge < -0.3 is 5.32 Å². The number of nitrogens with one attached hydrogen (secondary N) is 1. The zero-order valence-corrected chi connectivity index (χ0v) is 13.9. The molecule has 1 N–H and O–H groups in total. The first-order valence-corrected chi connectivity index (χ1v) is 8.24. The van der Waals surface area contributed by atoms with Crippen molar-refractivity contribution in [1.29, 1.82) is 0 Å². The maximum absolute atomic E-state index is 12.6. The largest absolute Gasteiger partial charge is 0.324 e. The Morgan fingerprint density at radius 2 is 1.69 bits per heavy atom. The fourth-order valence-corrected chi connectivity index (χ4v) is 2.68. The second-order valence-corrected chi connectivity index (χ2v) is 5.69. The summed E-state index contributed by atoms with van der Waals surface area (Å²) in [7, 11) is 0. The van der Waals surface area contributed by atoms with E-state index in [1.54, 1.807) is 16.8 Å². The predicted octanol–water partition coefficient (Wildman–Crippen LogP) is 4.06. The Bertz CT molecular complexity index is 1120. The molecule has 0 spiro atoms. The summed E-state index contributed by atoms with van der Waals surface area (Å²) in [5, 5.41) is 3.96. The van der Waals surface area contributed by atoms with Gasteiger partial charge in [-0.05, 0) is 30.4 Å². The minimum absolute atomic E-state index is 0.143. The van der Waals surface area contributed by atoms with Crippen molar-refractivity contribution in [2.24, 2.45) is 0 Å². The number of allylic oxidation sites excluding steroid dienone is 8. The summed E-state index contributed by atoms with van der Waals surface area (Å²) >= 11 is 0. The van der Waals surface area contributed by atoms with E-state index in [2.05, 4.69) is 15.3 Å². The highest BCUT2D eigenvalue weighted by Crippen LogP contribution is 2.18. The van der Waals surface area contributed by atoms with Crippen LogP contribution in [0.4, 0.5) is 11.6 Å². The average molecular weight is 340 g/mol. The molecule has 3 aromatic rings. The number of benzene rings is 1. The smallest absolute Gasteiger partial charge is 0.256 e. The lowest BCUT2D eigenvalue weighted by Gasteiger charge is -2.12. The molecule has 0 atom stereocenters. The highest BCUT2D eigenvalue weighted by atomic mass is 16.1. The molecule has 26 heavy (non-hydrogen) atoms. The number of aromatic nitrogens is 3. The van der Waals surface area contributed by atoms with Crippen LogP contribution in [-0.4, -0.2) is 14.5 Å². The summed E-state index contributed by atoms with van der Waals surface area (Å²) < 4.78 is 1.59. The first kappa shape index (κ1) is 15.8. The van der Waals surface area contributed by atoms with Crippen LogP contribution >= 0.6 is 0 Å². The lowest BCUT2D eigenvalue weighted by atomic mass is 10.2. The van der Waals surface area contributed by atoms with E-state index in [1.165, 1.54) is 6.07 Å². The van der Waals surface area contributed by atoms with Crippen LogP contribution in [0, 0.1) is 0 Å². The monoisotopic (exact) mass is 340 g/mol. The van der Waals surface area contributed by atoms with Gasteiger partial charge in [-0.15, -0.1) is 0 Å². The van der Waals surface area contributed by atoms with Crippen molar-refractivity contribution in [2.45, 2.75) is 0 Å². The number of rotatable bonds is 3. The quantitative estimate of drug-likeness (QED) is 0.781. The van der Waals surface area contributed by atoms with Gasteiger partial charge in [0.05, 0.1) is 5.70 Å². The number of anilines is 2. The number of pyridine rings is 1. The normalized spacial score (nSPS) is 13.3. The highest BCUT2D eigenvalue weighted by molar-refractivity contribution is 5.80. The molecule has 2 heterocycles. The molecule has 5 nitrogen and oxygen atoms in total. The molecule has 4 rings (SSSR count). The van der Waals surface area contributed by atoms with Crippen molar-refractivity contribution < 1.29 is 0 Å². The molecule has 0 fully saturated rings. The van der Waals surface area contributed by atoms with Crippen molar-refractivity contribution in [1.82, 2.24) is 14.5 Å². The Morgan fingerprint density at radius 3 is 2.58 bits per heavy atom. The zero-order valence-electron chi connectivity index (χ0n) is 13.9. The summed E-state index contributed by atoms with van der Waals surface area (Å²) in [4.78, 5) is 21.5. The van der Waals surface area contributed by atoms with Crippen LogP contribution < -0.4 is 10.9 Å².